The minimum Gasteiger partial charge on any atom is -0.356 e. The molecule has 1 atom stereocenters. The fraction of sp³-hybridized carbons (Fsp3) is 0.560. The summed E-state index contributed by atoms with van der Waals surface area (Å²) >= 11 is 0. The van der Waals surface area contributed by atoms with Crippen LogP contribution in [0.1, 0.15) is 68.1 Å². The number of carbonyl (C=O) groups is 2. The number of nitrogens with zero attached hydrogens (tertiary/aromatic N) is 3. The smallest absolute Gasteiger partial charge is 0.274 e. The summed E-state index contributed by atoms with van der Waals surface area (Å²) in [4.78, 5) is 32.9. The first-order valence-electron chi connectivity index (χ1n) is 11.9. The molecule has 2 amide bonds. The molecule has 1 fully saturated rings. The number of benzene rings is 1. The largest absolute Gasteiger partial charge is 0.356 e. The Bertz CT molecular complexity index is 906. The zero-order valence-corrected chi connectivity index (χ0v) is 18.6. The van der Waals surface area contributed by atoms with Crippen LogP contribution < -0.4 is 5.32 Å². The van der Waals surface area contributed by atoms with E-state index in [9.17, 15) is 9.59 Å². The van der Waals surface area contributed by atoms with Gasteiger partial charge in [0.25, 0.3) is 5.91 Å². The number of hydrogen-bond acceptors (Lipinski definition) is 3. The summed E-state index contributed by atoms with van der Waals surface area (Å²) in [6, 6.07) is 10.2. The van der Waals surface area contributed by atoms with E-state index >= 15 is 0 Å². The normalized spacial score (nSPS) is 18.9. The van der Waals surface area contributed by atoms with Crippen molar-refractivity contribution in [3.8, 4) is 11.4 Å². The topological polar surface area (TPSA) is 67.2 Å². The van der Waals surface area contributed by atoms with E-state index in [4.69, 9.17) is 4.98 Å². The van der Waals surface area contributed by atoms with Gasteiger partial charge in [0.1, 0.15) is 11.5 Å². The van der Waals surface area contributed by atoms with Crippen molar-refractivity contribution < 1.29 is 9.59 Å². The number of nitrogens with one attached hydrogen (secondary N) is 1. The first kappa shape index (κ1) is 21.6. The number of aromatic nitrogens is 2. The minimum absolute atomic E-state index is 0.0149. The molecular weight excluding hydrogens is 388 g/mol. The van der Waals surface area contributed by atoms with Crippen molar-refractivity contribution >= 4 is 11.8 Å². The lowest BCUT2D eigenvalue weighted by Gasteiger charge is -2.32. The minimum atomic E-state index is -0.121. The number of imidazole rings is 1. The van der Waals surface area contributed by atoms with E-state index in [1.54, 1.807) is 0 Å². The molecule has 1 aromatic heterocycles. The Balaban J connectivity index is 1.57. The van der Waals surface area contributed by atoms with Crippen molar-refractivity contribution in [3.05, 3.63) is 41.7 Å². The summed E-state index contributed by atoms with van der Waals surface area (Å²) in [5.74, 6) is 0.842. The fourth-order valence-corrected chi connectivity index (χ4v) is 4.76. The number of fused-ring (bicyclic) bond motifs is 1. The highest BCUT2D eigenvalue weighted by molar-refractivity contribution is 5.95. The molecule has 0 saturated carbocycles. The third kappa shape index (κ3) is 4.83. The molecule has 2 aliphatic heterocycles. The summed E-state index contributed by atoms with van der Waals surface area (Å²) in [5, 5.41) is 3.04. The van der Waals surface area contributed by atoms with Gasteiger partial charge in [-0.1, -0.05) is 50.1 Å². The maximum absolute atomic E-state index is 13.6. The van der Waals surface area contributed by atoms with Gasteiger partial charge in [-0.25, -0.2) is 4.98 Å². The summed E-state index contributed by atoms with van der Waals surface area (Å²) in [6.07, 6.45) is 8.01. The van der Waals surface area contributed by atoms with Crippen molar-refractivity contribution in [3.63, 3.8) is 0 Å². The lowest BCUT2D eigenvalue weighted by Crippen LogP contribution is -2.45. The molecule has 2 aliphatic rings. The Morgan fingerprint density at radius 3 is 2.74 bits per heavy atom. The van der Waals surface area contributed by atoms with Crippen molar-refractivity contribution in [2.24, 2.45) is 5.92 Å². The molecule has 4 rings (SSSR count). The van der Waals surface area contributed by atoms with Gasteiger partial charge in [0.2, 0.25) is 5.91 Å². The molecule has 2 aromatic rings. The molecule has 1 aromatic carbocycles. The number of carbonyl (C=O) groups excluding carboxylic acids is 2. The van der Waals surface area contributed by atoms with Gasteiger partial charge < -0.3 is 14.8 Å². The maximum atomic E-state index is 13.6. The Morgan fingerprint density at radius 1 is 1.10 bits per heavy atom. The zero-order valence-electron chi connectivity index (χ0n) is 18.6. The Morgan fingerprint density at radius 2 is 1.94 bits per heavy atom. The van der Waals surface area contributed by atoms with Crippen LogP contribution in [-0.4, -0.2) is 45.9 Å². The van der Waals surface area contributed by atoms with E-state index < -0.39 is 0 Å². The van der Waals surface area contributed by atoms with Crippen LogP contribution in [0, 0.1) is 5.92 Å². The quantitative estimate of drug-likeness (QED) is 0.715. The molecule has 1 saturated heterocycles. The van der Waals surface area contributed by atoms with Gasteiger partial charge in [0.15, 0.2) is 0 Å². The van der Waals surface area contributed by atoms with Crippen LogP contribution in [0.25, 0.3) is 11.4 Å². The molecule has 6 nitrogen and oxygen atoms in total. The second-order valence-corrected chi connectivity index (χ2v) is 8.79. The SMILES string of the molecule is CCCCNC(=O)C1CCCN(C(=O)c2nc(-c3ccccc3)n3c2CCCCC3)C1. The Labute approximate surface area is 185 Å². The van der Waals surface area contributed by atoms with E-state index in [2.05, 4.69) is 28.9 Å². The van der Waals surface area contributed by atoms with E-state index in [-0.39, 0.29) is 17.7 Å². The number of piperidine rings is 1. The lowest BCUT2D eigenvalue weighted by atomic mass is 9.96. The average molecular weight is 423 g/mol. The van der Waals surface area contributed by atoms with Gasteiger partial charge in [0, 0.05) is 31.7 Å². The molecular formula is C25H34N4O2. The van der Waals surface area contributed by atoms with Crippen molar-refractivity contribution in [2.45, 2.75) is 64.8 Å². The predicted molar refractivity (Wildman–Crippen MR) is 122 cm³/mol. The third-order valence-corrected chi connectivity index (χ3v) is 6.51. The van der Waals surface area contributed by atoms with E-state index in [0.29, 0.717) is 18.8 Å². The first-order chi connectivity index (χ1) is 15.2. The highest BCUT2D eigenvalue weighted by Gasteiger charge is 2.32. The number of amides is 2. The van der Waals surface area contributed by atoms with Gasteiger partial charge in [-0.3, -0.25) is 9.59 Å². The molecule has 0 bridgehead atoms. The first-order valence-corrected chi connectivity index (χ1v) is 11.9. The molecule has 1 unspecified atom stereocenters. The molecule has 0 spiro atoms. The maximum Gasteiger partial charge on any atom is 0.274 e. The standard InChI is InChI=1S/C25H34N4O2/c1-2-3-15-26-24(30)20-13-10-16-28(18-20)25(31)22-21-14-8-5-9-17-29(21)23(27-22)19-11-6-4-7-12-19/h4,6-7,11-12,20H,2-3,5,8-10,13-18H2,1H3,(H,26,30). The Hall–Kier alpha value is -2.63. The number of unbranched alkanes of at least 4 members (excludes halogenated alkanes) is 1. The van der Waals surface area contributed by atoms with Gasteiger partial charge in [-0.2, -0.15) is 0 Å². The van der Waals surface area contributed by atoms with E-state index in [1.165, 1.54) is 6.42 Å². The summed E-state index contributed by atoms with van der Waals surface area (Å²) < 4.78 is 2.26. The molecule has 1 N–H and O–H groups in total. The van der Waals surface area contributed by atoms with Crippen LogP contribution in [0.15, 0.2) is 30.3 Å². The molecule has 6 heteroatoms. The van der Waals surface area contributed by atoms with Gasteiger partial charge in [-0.15, -0.1) is 0 Å². The number of rotatable bonds is 6. The van der Waals surface area contributed by atoms with Crippen LogP contribution in [0.2, 0.25) is 0 Å². The van der Waals surface area contributed by atoms with Gasteiger partial charge in [0.05, 0.1) is 11.6 Å². The molecule has 166 valence electrons. The van der Waals surface area contributed by atoms with E-state index in [1.807, 2.05) is 23.1 Å². The predicted octanol–water partition coefficient (Wildman–Crippen LogP) is 4.05. The summed E-state index contributed by atoms with van der Waals surface area (Å²) in [5.41, 5.74) is 2.71. The average Bonchev–Trinajstić information content (AvgIpc) is 3.00. The van der Waals surface area contributed by atoms with Crippen molar-refractivity contribution in [1.29, 1.82) is 0 Å². The second kappa shape index (κ2) is 10.1. The lowest BCUT2D eigenvalue weighted by molar-refractivity contribution is -0.126. The molecule has 31 heavy (non-hydrogen) atoms. The van der Waals surface area contributed by atoms with Gasteiger partial charge >= 0.3 is 0 Å². The van der Waals surface area contributed by atoms with Crippen LogP contribution in [0.4, 0.5) is 0 Å². The molecule has 0 aliphatic carbocycles. The van der Waals surface area contributed by atoms with E-state index in [0.717, 1.165) is 75.1 Å². The van der Waals surface area contributed by atoms with Crippen molar-refractivity contribution in [2.75, 3.05) is 19.6 Å². The number of hydrogen-bond donors (Lipinski definition) is 1. The monoisotopic (exact) mass is 422 g/mol. The third-order valence-electron chi connectivity index (χ3n) is 6.51. The molecule has 0 radical (unpaired) electrons. The highest BCUT2D eigenvalue weighted by atomic mass is 16.2. The summed E-state index contributed by atoms with van der Waals surface area (Å²) in [7, 11) is 0. The van der Waals surface area contributed by atoms with Crippen LogP contribution >= 0.6 is 0 Å². The Kier molecular flexibility index (Phi) is 7.05. The van der Waals surface area contributed by atoms with Crippen LogP contribution in [0.3, 0.4) is 0 Å². The second-order valence-electron chi connectivity index (χ2n) is 8.79. The zero-order chi connectivity index (χ0) is 21.6. The van der Waals surface area contributed by atoms with Crippen LogP contribution in [-0.2, 0) is 17.8 Å². The van der Waals surface area contributed by atoms with Gasteiger partial charge in [-0.05, 0) is 38.5 Å². The van der Waals surface area contributed by atoms with Crippen molar-refractivity contribution in [1.82, 2.24) is 19.8 Å². The fourth-order valence-electron chi connectivity index (χ4n) is 4.76. The highest BCUT2D eigenvalue weighted by Crippen LogP contribution is 2.29. The van der Waals surface area contributed by atoms with Crippen LogP contribution in [0.5, 0.6) is 0 Å². The molecule has 3 heterocycles. The summed E-state index contributed by atoms with van der Waals surface area (Å²) in [6.45, 7) is 4.93. The number of likely N-dealkylation sites (tertiary alicyclic amines) is 1.